The van der Waals surface area contributed by atoms with Gasteiger partial charge in [0, 0.05) is 4.47 Å². The zero-order valence-corrected chi connectivity index (χ0v) is 8.37. The Balaban J connectivity index is 3.12. The summed E-state index contributed by atoms with van der Waals surface area (Å²) in [5, 5.41) is 18.0. The number of aryl methyl sites for hydroxylation is 1. The van der Waals surface area contributed by atoms with E-state index in [1.807, 2.05) is 19.1 Å². The van der Waals surface area contributed by atoms with Gasteiger partial charge in [0.25, 0.3) is 0 Å². The van der Waals surface area contributed by atoms with E-state index in [0.717, 1.165) is 16.5 Å². The molecule has 0 unspecified atom stereocenters. The number of rotatable bonds is 2. The van der Waals surface area contributed by atoms with E-state index in [-0.39, 0.29) is 0 Å². The molecule has 0 saturated carbocycles. The van der Waals surface area contributed by atoms with Gasteiger partial charge >= 0.3 is 7.12 Å². The smallest absolute Gasteiger partial charge is 0.423 e. The second kappa shape index (κ2) is 4.07. The fraction of sp³-hybridized carbons (Fsp3) is 0.250. The lowest BCUT2D eigenvalue weighted by Gasteiger charge is -2.06. The lowest BCUT2D eigenvalue weighted by Crippen LogP contribution is -2.32. The third-order valence-corrected chi connectivity index (χ3v) is 2.26. The van der Waals surface area contributed by atoms with Crippen LogP contribution in [-0.4, -0.2) is 17.2 Å². The summed E-state index contributed by atoms with van der Waals surface area (Å²) in [6.07, 6.45) is 0.806. The first kappa shape index (κ1) is 9.77. The summed E-state index contributed by atoms with van der Waals surface area (Å²) in [6.45, 7) is 1.98. The van der Waals surface area contributed by atoms with Gasteiger partial charge in [-0.3, -0.25) is 0 Å². The maximum absolute atomic E-state index is 8.99. The van der Waals surface area contributed by atoms with Crippen LogP contribution in [0.4, 0.5) is 0 Å². The molecule has 1 aromatic rings. The van der Waals surface area contributed by atoms with Crippen LogP contribution in [0.3, 0.4) is 0 Å². The Hall–Kier alpha value is -0.315. The van der Waals surface area contributed by atoms with Gasteiger partial charge in [0.05, 0.1) is 0 Å². The number of halogens is 1. The molecule has 0 spiro atoms. The van der Waals surface area contributed by atoms with Crippen LogP contribution in [0.5, 0.6) is 0 Å². The van der Waals surface area contributed by atoms with E-state index in [1.54, 1.807) is 6.07 Å². The highest BCUT2D eigenvalue weighted by molar-refractivity contribution is 9.10. The molecule has 2 nitrogen and oxygen atoms in total. The van der Waals surface area contributed by atoms with Crippen LogP contribution >= 0.6 is 15.9 Å². The van der Waals surface area contributed by atoms with Gasteiger partial charge in [0.15, 0.2) is 0 Å². The van der Waals surface area contributed by atoms with Crippen molar-refractivity contribution >= 4 is 28.5 Å². The molecule has 0 atom stereocenters. The molecule has 0 aromatic heterocycles. The van der Waals surface area contributed by atoms with Crippen LogP contribution in [-0.2, 0) is 6.42 Å². The monoisotopic (exact) mass is 228 g/mol. The Morgan fingerprint density at radius 3 is 2.58 bits per heavy atom. The lowest BCUT2D eigenvalue weighted by molar-refractivity contribution is 0.425. The van der Waals surface area contributed by atoms with Crippen LogP contribution in [0.1, 0.15) is 12.5 Å². The Bertz CT molecular complexity index is 276. The molecule has 0 aliphatic carbocycles. The molecule has 1 aromatic carbocycles. The van der Waals surface area contributed by atoms with Crippen molar-refractivity contribution in [1.29, 1.82) is 0 Å². The van der Waals surface area contributed by atoms with E-state index in [0.29, 0.717) is 5.46 Å². The molecule has 0 aliphatic heterocycles. The Labute approximate surface area is 80.5 Å². The molecule has 0 aliphatic rings. The molecule has 0 radical (unpaired) electrons. The zero-order chi connectivity index (χ0) is 9.14. The molecule has 12 heavy (non-hydrogen) atoms. The van der Waals surface area contributed by atoms with Crippen molar-refractivity contribution in [3.63, 3.8) is 0 Å². The fourth-order valence-corrected chi connectivity index (χ4v) is 1.51. The van der Waals surface area contributed by atoms with Crippen LogP contribution < -0.4 is 5.46 Å². The molecule has 4 heteroatoms. The number of hydrogen-bond donors (Lipinski definition) is 2. The van der Waals surface area contributed by atoms with Crippen molar-refractivity contribution in [3.8, 4) is 0 Å². The van der Waals surface area contributed by atoms with Crippen molar-refractivity contribution in [1.82, 2.24) is 0 Å². The van der Waals surface area contributed by atoms with Gasteiger partial charge in [-0.1, -0.05) is 28.9 Å². The van der Waals surface area contributed by atoms with E-state index in [9.17, 15) is 0 Å². The van der Waals surface area contributed by atoms with E-state index < -0.39 is 7.12 Å². The van der Waals surface area contributed by atoms with Crippen molar-refractivity contribution in [3.05, 3.63) is 28.2 Å². The van der Waals surface area contributed by atoms with Crippen LogP contribution in [0.2, 0.25) is 0 Å². The first-order chi connectivity index (χ1) is 5.65. The Kier molecular flexibility index (Phi) is 3.32. The molecule has 0 heterocycles. The molecule has 1 rings (SSSR count). The molecule has 0 fully saturated rings. The predicted molar refractivity (Wildman–Crippen MR) is 53.3 cm³/mol. The second-order valence-electron chi connectivity index (χ2n) is 2.57. The minimum absolute atomic E-state index is 0.576. The normalized spacial score (nSPS) is 10.0. The summed E-state index contributed by atoms with van der Waals surface area (Å²) in [7, 11) is -1.38. The van der Waals surface area contributed by atoms with Crippen molar-refractivity contribution in [2.45, 2.75) is 13.3 Å². The topological polar surface area (TPSA) is 40.5 Å². The maximum atomic E-state index is 8.99. The first-order valence-electron chi connectivity index (χ1n) is 3.79. The average Bonchev–Trinajstić information content (AvgIpc) is 2.04. The van der Waals surface area contributed by atoms with Gasteiger partial charge in [-0.15, -0.1) is 0 Å². The summed E-state index contributed by atoms with van der Waals surface area (Å²) >= 11 is 3.27. The summed E-state index contributed by atoms with van der Waals surface area (Å²) in [4.78, 5) is 0. The van der Waals surface area contributed by atoms with Gasteiger partial charge in [-0.05, 0) is 29.6 Å². The molecular formula is C8H10BBrO2. The molecular weight excluding hydrogens is 219 g/mol. The average molecular weight is 229 g/mol. The fourth-order valence-electron chi connectivity index (χ4n) is 1.13. The minimum atomic E-state index is -1.38. The summed E-state index contributed by atoms with van der Waals surface area (Å²) in [6, 6.07) is 5.51. The van der Waals surface area contributed by atoms with E-state index in [4.69, 9.17) is 10.0 Å². The minimum Gasteiger partial charge on any atom is -0.423 e. The van der Waals surface area contributed by atoms with E-state index in [1.165, 1.54) is 0 Å². The summed E-state index contributed by atoms with van der Waals surface area (Å²) in [5.41, 5.74) is 1.54. The zero-order valence-electron chi connectivity index (χ0n) is 6.79. The van der Waals surface area contributed by atoms with Gasteiger partial charge < -0.3 is 10.0 Å². The quantitative estimate of drug-likeness (QED) is 0.732. The van der Waals surface area contributed by atoms with Crippen molar-refractivity contribution < 1.29 is 10.0 Å². The molecule has 0 saturated heterocycles. The van der Waals surface area contributed by atoms with E-state index in [2.05, 4.69) is 15.9 Å². The van der Waals surface area contributed by atoms with Gasteiger partial charge in [-0.25, -0.2) is 0 Å². The third-order valence-electron chi connectivity index (χ3n) is 1.77. The highest BCUT2D eigenvalue weighted by atomic mass is 79.9. The number of hydrogen-bond acceptors (Lipinski definition) is 2. The standard InChI is InChI=1S/C8H10BBrO2/c1-2-6-3-4-7(10)5-8(6)9(11)12/h3-5,11-12H,2H2,1H3. The third kappa shape index (κ3) is 2.09. The largest absolute Gasteiger partial charge is 0.488 e. The maximum Gasteiger partial charge on any atom is 0.488 e. The first-order valence-corrected chi connectivity index (χ1v) is 4.59. The molecule has 0 bridgehead atoms. The second-order valence-corrected chi connectivity index (χ2v) is 3.49. The highest BCUT2D eigenvalue weighted by Crippen LogP contribution is 2.09. The number of benzene rings is 1. The van der Waals surface area contributed by atoms with Crippen LogP contribution in [0.15, 0.2) is 22.7 Å². The SMILES string of the molecule is CCc1ccc(Br)cc1B(O)O. The van der Waals surface area contributed by atoms with Crippen LogP contribution in [0.25, 0.3) is 0 Å². The van der Waals surface area contributed by atoms with Gasteiger partial charge in [0.2, 0.25) is 0 Å². The summed E-state index contributed by atoms with van der Waals surface area (Å²) < 4.78 is 0.864. The highest BCUT2D eigenvalue weighted by Gasteiger charge is 2.14. The lowest BCUT2D eigenvalue weighted by atomic mass is 9.76. The molecule has 64 valence electrons. The van der Waals surface area contributed by atoms with E-state index >= 15 is 0 Å². The van der Waals surface area contributed by atoms with Crippen molar-refractivity contribution in [2.75, 3.05) is 0 Å². The van der Waals surface area contributed by atoms with Crippen LogP contribution in [0, 0.1) is 0 Å². The Morgan fingerprint density at radius 1 is 1.42 bits per heavy atom. The molecule has 0 amide bonds. The predicted octanol–water partition coefficient (Wildman–Crippen LogP) is 0.691. The van der Waals surface area contributed by atoms with Gasteiger partial charge in [-0.2, -0.15) is 0 Å². The summed E-state index contributed by atoms with van der Waals surface area (Å²) in [5.74, 6) is 0. The molecule has 2 N–H and O–H groups in total. The van der Waals surface area contributed by atoms with Crippen molar-refractivity contribution in [2.24, 2.45) is 0 Å². The van der Waals surface area contributed by atoms with Gasteiger partial charge in [0.1, 0.15) is 0 Å². The Morgan fingerprint density at radius 2 is 2.08 bits per heavy atom.